The molecule has 3 heterocycles. The van der Waals surface area contributed by atoms with Gasteiger partial charge in [-0.15, -0.1) is 0 Å². The lowest BCUT2D eigenvalue weighted by molar-refractivity contribution is 0.0219. The summed E-state index contributed by atoms with van der Waals surface area (Å²) in [7, 11) is 0. The van der Waals surface area contributed by atoms with E-state index in [0.29, 0.717) is 13.1 Å². The maximum Gasteiger partial charge on any atom is 0.410 e. The topological polar surface area (TPSA) is 113 Å². The molecule has 1 aliphatic heterocycles. The van der Waals surface area contributed by atoms with Gasteiger partial charge < -0.3 is 20.4 Å². The summed E-state index contributed by atoms with van der Waals surface area (Å²) in [5.74, 6) is 1.82. The van der Waals surface area contributed by atoms with Crippen molar-refractivity contribution in [2.24, 2.45) is 5.73 Å². The molecular formula is C33H38N6O2. The van der Waals surface area contributed by atoms with Crippen LogP contribution < -0.4 is 5.73 Å². The van der Waals surface area contributed by atoms with E-state index in [2.05, 4.69) is 63.5 Å². The summed E-state index contributed by atoms with van der Waals surface area (Å²) >= 11 is 0. The van der Waals surface area contributed by atoms with E-state index in [0.717, 1.165) is 77.2 Å². The molecule has 5 aromatic rings. The fourth-order valence-electron chi connectivity index (χ4n) is 5.62. The number of benzene rings is 3. The van der Waals surface area contributed by atoms with Crippen LogP contribution in [0.2, 0.25) is 0 Å². The molecule has 2 aromatic heterocycles. The molecule has 0 radical (unpaired) electrons. The molecule has 4 N–H and O–H groups in total. The first-order valence-corrected chi connectivity index (χ1v) is 14.6. The molecule has 0 aliphatic carbocycles. The van der Waals surface area contributed by atoms with Crippen LogP contribution in [0.25, 0.3) is 44.2 Å². The zero-order chi connectivity index (χ0) is 28.6. The van der Waals surface area contributed by atoms with Crippen molar-refractivity contribution in [3.05, 3.63) is 72.4 Å². The molecule has 0 spiro atoms. The van der Waals surface area contributed by atoms with Crippen LogP contribution in [0.1, 0.15) is 64.1 Å². The SMILES string of the molecule is CC(C)(C)OC(=O)N1CCCC1c1nc2ccc(-c3ccc4cc(-c5cnc(CCCCN)[nH]5)ccc4c3)cc2[nH]1. The smallest absolute Gasteiger partial charge is 0.410 e. The maximum atomic E-state index is 12.8. The number of amides is 1. The molecule has 1 aliphatic rings. The summed E-state index contributed by atoms with van der Waals surface area (Å²) in [6.45, 7) is 7.07. The lowest BCUT2D eigenvalue weighted by atomic mass is 9.99. The van der Waals surface area contributed by atoms with Gasteiger partial charge in [0.25, 0.3) is 0 Å². The minimum atomic E-state index is -0.526. The van der Waals surface area contributed by atoms with Gasteiger partial charge in [0.15, 0.2) is 0 Å². The largest absolute Gasteiger partial charge is 0.444 e. The summed E-state index contributed by atoms with van der Waals surface area (Å²) in [6.07, 6.45) is 6.40. The normalized spacial score (nSPS) is 15.7. The summed E-state index contributed by atoms with van der Waals surface area (Å²) in [5, 5.41) is 2.36. The minimum absolute atomic E-state index is 0.104. The number of hydrogen-bond acceptors (Lipinski definition) is 5. The summed E-state index contributed by atoms with van der Waals surface area (Å²) in [4.78, 5) is 31.0. The zero-order valence-electron chi connectivity index (χ0n) is 24.0. The van der Waals surface area contributed by atoms with Crippen LogP contribution in [-0.4, -0.2) is 49.6 Å². The van der Waals surface area contributed by atoms with Crippen molar-refractivity contribution in [1.29, 1.82) is 0 Å². The number of ether oxygens (including phenoxy) is 1. The standard InChI is InChI=1S/C33H38N6O2/c1-33(2,3)41-32(40)39-16-6-7-29(39)31-37-26-14-13-24(19-27(26)38-31)22-9-10-23-18-25(12-11-21(23)17-22)28-20-35-30(36-28)8-4-5-15-34/h9-14,17-20,29H,4-8,15-16,34H2,1-3H3,(H,35,36)(H,37,38). The molecule has 0 saturated carbocycles. The Balaban J connectivity index is 1.22. The van der Waals surface area contributed by atoms with E-state index in [9.17, 15) is 4.79 Å². The highest BCUT2D eigenvalue weighted by atomic mass is 16.6. The molecular weight excluding hydrogens is 512 g/mol. The van der Waals surface area contributed by atoms with Gasteiger partial charge >= 0.3 is 6.09 Å². The Kier molecular flexibility index (Phi) is 7.26. The Hall–Kier alpha value is -4.17. The van der Waals surface area contributed by atoms with Gasteiger partial charge in [0, 0.05) is 18.5 Å². The number of carbonyl (C=O) groups is 1. The molecule has 1 unspecified atom stereocenters. The highest BCUT2D eigenvalue weighted by molar-refractivity contribution is 5.91. The molecule has 8 nitrogen and oxygen atoms in total. The second kappa shape index (κ2) is 11.0. The van der Waals surface area contributed by atoms with Crippen molar-refractivity contribution in [1.82, 2.24) is 24.8 Å². The van der Waals surface area contributed by atoms with Crippen molar-refractivity contribution >= 4 is 27.9 Å². The molecule has 0 bridgehead atoms. The molecule has 6 rings (SSSR count). The van der Waals surface area contributed by atoms with Crippen molar-refractivity contribution in [3.8, 4) is 22.4 Å². The number of aromatic amines is 2. The van der Waals surface area contributed by atoms with Gasteiger partial charge in [0.1, 0.15) is 17.2 Å². The fraction of sp³-hybridized carbons (Fsp3) is 0.364. The minimum Gasteiger partial charge on any atom is -0.444 e. The predicted octanol–water partition coefficient (Wildman–Crippen LogP) is 7.13. The van der Waals surface area contributed by atoms with Crippen LogP contribution in [0.15, 0.2) is 60.8 Å². The summed E-state index contributed by atoms with van der Waals surface area (Å²) in [5.41, 5.74) is 11.4. The molecule has 212 valence electrons. The molecule has 1 amide bonds. The number of fused-ring (bicyclic) bond motifs is 2. The highest BCUT2D eigenvalue weighted by Crippen LogP contribution is 2.34. The second-order valence-corrected chi connectivity index (χ2v) is 12.0. The van der Waals surface area contributed by atoms with Gasteiger partial charge in [-0.1, -0.05) is 30.3 Å². The van der Waals surface area contributed by atoms with E-state index < -0.39 is 5.60 Å². The molecule has 41 heavy (non-hydrogen) atoms. The van der Waals surface area contributed by atoms with Crippen LogP contribution >= 0.6 is 0 Å². The first-order chi connectivity index (χ1) is 19.8. The van der Waals surface area contributed by atoms with E-state index in [1.165, 1.54) is 10.8 Å². The third-order valence-corrected chi connectivity index (χ3v) is 7.68. The predicted molar refractivity (Wildman–Crippen MR) is 164 cm³/mol. The average molecular weight is 551 g/mol. The summed E-state index contributed by atoms with van der Waals surface area (Å²) < 4.78 is 5.65. The van der Waals surface area contributed by atoms with Gasteiger partial charge in [-0.2, -0.15) is 0 Å². The monoisotopic (exact) mass is 550 g/mol. The Labute approximate surface area is 240 Å². The van der Waals surface area contributed by atoms with Crippen LogP contribution in [0.4, 0.5) is 4.79 Å². The van der Waals surface area contributed by atoms with Crippen LogP contribution in [-0.2, 0) is 11.2 Å². The molecule has 1 fully saturated rings. The second-order valence-electron chi connectivity index (χ2n) is 12.0. The number of H-pyrrole nitrogens is 2. The Morgan fingerprint density at radius 2 is 1.73 bits per heavy atom. The first kappa shape index (κ1) is 27.0. The Bertz CT molecular complexity index is 1700. The van der Waals surface area contributed by atoms with Crippen LogP contribution in [0.5, 0.6) is 0 Å². The quantitative estimate of drug-likeness (QED) is 0.187. The van der Waals surface area contributed by atoms with Crippen molar-refractivity contribution in [2.45, 2.75) is 64.5 Å². The molecule has 1 atom stereocenters. The van der Waals surface area contributed by atoms with E-state index >= 15 is 0 Å². The number of imidazole rings is 2. The van der Waals surface area contributed by atoms with Gasteiger partial charge in [-0.25, -0.2) is 14.8 Å². The lowest BCUT2D eigenvalue weighted by Crippen LogP contribution is -2.36. The molecule has 1 saturated heterocycles. The third kappa shape index (κ3) is 5.84. The number of carbonyl (C=O) groups excluding carboxylic acids is 1. The molecule has 8 heteroatoms. The van der Waals surface area contributed by atoms with Crippen molar-refractivity contribution in [2.75, 3.05) is 13.1 Å². The Morgan fingerprint density at radius 3 is 2.51 bits per heavy atom. The number of aromatic nitrogens is 4. The van der Waals surface area contributed by atoms with Gasteiger partial charge in [-0.3, -0.25) is 4.90 Å². The number of nitrogens with two attached hydrogens (primary N) is 1. The number of nitrogens with zero attached hydrogens (tertiary/aromatic N) is 3. The third-order valence-electron chi connectivity index (χ3n) is 7.68. The molecule has 3 aromatic carbocycles. The van der Waals surface area contributed by atoms with Gasteiger partial charge in [0.2, 0.25) is 0 Å². The number of nitrogens with one attached hydrogen (secondary N) is 2. The zero-order valence-corrected chi connectivity index (χ0v) is 24.0. The fourth-order valence-corrected chi connectivity index (χ4v) is 5.62. The average Bonchev–Trinajstić information content (AvgIpc) is 3.71. The number of likely N-dealkylation sites (tertiary alicyclic amines) is 1. The number of hydrogen-bond donors (Lipinski definition) is 3. The van der Waals surface area contributed by atoms with Crippen LogP contribution in [0, 0.1) is 0 Å². The maximum absolute atomic E-state index is 12.8. The Morgan fingerprint density at radius 1 is 1.00 bits per heavy atom. The van der Waals surface area contributed by atoms with E-state index in [1.807, 2.05) is 33.0 Å². The van der Waals surface area contributed by atoms with Gasteiger partial charge in [0.05, 0.1) is 29.0 Å². The number of rotatable bonds is 7. The van der Waals surface area contributed by atoms with Gasteiger partial charge in [-0.05, 0) is 99.2 Å². The van der Waals surface area contributed by atoms with E-state index in [4.69, 9.17) is 15.5 Å². The van der Waals surface area contributed by atoms with Crippen LogP contribution in [0.3, 0.4) is 0 Å². The number of aryl methyl sites for hydroxylation is 1. The lowest BCUT2D eigenvalue weighted by Gasteiger charge is -2.27. The van der Waals surface area contributed by atoms with Crippen molar-refractivity contribution < 1.29 is 9.53 Å². The first-order valence-electron chi connectivity index (χ1n) is 14.6. The van der Waals surface area contributed by atoms with E-state index in [1.54, 1.807) is 4.90 Å². The number of unbranched alkanes of at least 4 members (excludes halogenated alkanes) is 1. The highest BCUT2D eigenvalue weighted by Gasteiger charge is 2.35. The summed E-state index contributed by atoms with van der Waals surface area (Å²) in [6, 6.07) is 19.3. The van der Waals surface area contributed by atoms with Crippen molar-refractivity contribution in [3.63, 3.8) is 0 Å². The van der Waals surface area contributed by atoms with E-state index in [-0.39, 0.29) is 12.1 Å².